The summed E-state index contributed by atoms with van der Waals surface area (Å²) in [5, 5.41) is 9.20. The van der Waals surface area contributed by atoms with Crippen LogP contribution in [0.4, 0.5) is 0 Å². The fraction of sp³-hybridized carbons (Fsp3) is 0.846. The van der Waals surface area contributed by atoms with Crippen molar-refractivity contribution in [2.45, 2.75) is 25.7 Å². The number of terminal acetylenes is 1. The van der Waals surface area contributed by atoms with E-state index in [4.69, 9.17) is 6.42 Å². The summed E-state index contributed by atoms with van der Waals surface area (Å²) in [7, 11) is -3.47. The van der Waals surface area contributed by atoms with Crippen LogP contribution in [0.15, 0.2) is 0 Å². The van der Waals surface area contributed by atoms with Crippen molar-refractivity contribution in [3.05, 3.63) is 0 Å². The molecular weight excluding hydrogens is 264 g/mol. The first kappa shape index (κ1) is 14.8. The number of rotatable bonds is 6. The Kier molecular flexibility index (Phi) is 4.85. The van der Waals surface area contributed by atoms with E-state index >= 15 is 0 Å². The van der Waals surface area contributed by atoms with Gasteiger partial charge in [-0.1, -0.05) is 5.92 Å². The van der Waals surface area contributed by atoms with Crippen LogP contribution in [0.5, 0.6) is 0 Å². The van der Waals surface area contributed by atoms with Crippen LogP contribution >= 0.6 is 0 Å². The van der Waals surface area contributed by atoms with Crippen LogP contribution in [0.3, 0.4) is 0 Å². The Labute approximate surface area is 115 Å². The first-order chi connectivity index (χ1) is 9.07. The fourth-order valence-corrected chi connectivity index (χ4v) is 4.20. The molecule has 19 heavy (non-hydrogen) atoms. The quantitative estimate of drug-likeness (QED) is 0.714. The molecule has 1 saturated carbocycles. The van der Waals surface area contributed by atoms with Gasteiger partial charge >= 0.3 is 0 Å². The number of hydrogen-bond donors (Lipinski definition) is 1. The van der Waals surface area contributed by atoms with Crippen LogP contribution in [0.25, 0.3) is 0 Å². The van der Waals surface area contributed by atoms with Crippen molar-refractivity contribution in [3.8, 4) is 12.3 Å². The molecule has 6 heteroatoms. The molecule has 1 heterocycles. The molecule has 1 aliphatic carbocycles. The van der Waals surface area contributed by atoms with E-state index in [1.807, 2.05) is 0 Å². The van der Waals surface area contributed by atoms with E-state index in [1.165, 1.54) is 8.61 Å². The van der Waals surface area contributed by atoms with Crippen LogP contribution in [-0.2, 0) is 10.2 Å². The largest absolute Gasteiger partial charge is 0.396 e. The molecule has 1 saturated heterocycles. The molecule has 2 fully saturated rings. The molecule has 0 aromatic rings. The maximum absolute atomic E-state index is 12.6. The third-order valence-electron chi connectivity index (χ3n) is 3.82. The topological polar surface area (TPSA) is 60.9 Å². The van der Waals surface area contributed by atoms with Crippen LogP contribution < -0.4 is 0 Å². The summed E-state index contributed by atoms with van der Waals surface area (Å²) in [6.07, 6.45) is 9.17. The van der Waals surface area contributed by atoms with Crippen molar-refractivity contribution < 1.29 is 13.5 Å². The van der Waals surface area contributed by atoms with Gasteiger partial charge in [-0.2, -0.15) is 17.0 Å². The highest BCUT2D eigenvalue weighted by molar-refractivity contribution is 7.86. The van der Waals surface area contributed by atoms with Crippen molar-refractivity contribution in [1.29, 1.82) is 0 Å². The van der Waals surface area contributed by atoms with Gasteiger partial charge in [-0.3, -0.25) is 0 Å². The summed E-state index contributed by atoms with van der Waals surface area (Å²) in [5.41, 5.74) is 0. The number of hydrogen-bond acceptors (Lipinski definition) is 3. The lowest BCUT2D eigenvalue weighted by Crippen LogP contribution is -2.49. The molecule has 0 amide bonds. The summed E-state index contributed by atoms with van der Waals surface area (Å²) < 4.78 is 28.1. The van der Waals surface area contributed by atoms with Crippen molar-refractivity contribution >= 4 is 10.2 Å². The predicted molar refractivity (Wildman–Crippen MR) is 73.4 cm³/mol. The monoisotopic (exact) mass is 286 g/mol. The van der Waals surface area contributed by atoms with Crippen molar-refractivity contribution in [1.82, 2.24) is 8.61 Å². The minimum absolute atomic E-state index is 0.0454. The van der Waals surface area contributed by atoms with Crippen LogP contribution in [0, 0.1) is 24.2 Å². The van der Waals surface area contributed by atoms with E-state index in [-0.39, 0.29) is 19.1 Å². The molecule has 0 aromatic heterocycles. The maximum Gasteiger partial charge on any atom is 0.282 e. The van der Waals surface area contributed by atoms with Crippen molar-refractivity contribution in [3.63, 3.8) is 0 Å². The molecule has 2 aliphatic rings. The Hall–Kier alpha value is -0.610. The average Bonchev–Trinajstić information content (AvgIpc) is 3.22. The van der Waals surface area contributed by atoms with E-state index in [0.717, 1.165) is 25.7 Å². The average molecular weight is 286 g/mol. The normalized spacial score (nSPS) is 25.4. The summed E-state index contributed by atoms with van der Waals surface area (Å²) in [6.45, 7) is 1.66. The van der Waals surface area contributed by atoms with E-state index < -0.39 is 10.2 Å². The van der Waals surface area contributed by atoms with Crippen LogP contribution in [0.1, 0.15) is 25.7 Å². The number of aliphatic hydroxyl groups excluding tert-OH is 1. The van der Waals surface area contributed by atoms with Crippen molar-refractivity contribution in [2.24, 2.45) is 11.8 Å². The SMILES string of the molecule is C#CCN(CC1CC1)S(=O)(=O)N1CCCC(CO)C1. The zero-order valence-corrected chi connectivity index (χ0v) is 12.0. The van der Waals surface area contributed by atoms with E-state index in [9.17, 15) is 13.5 Å². The molecule has 5 nitrogen and oxygen atoms in total. The zero-order chi connectivity index (χ0) is 13.9. The van der Waals surface area contributed by atoms with Gasteiger partial charge in [0.25, 0.3) is 10.2 Å². The second-order valence-corrected chi connectivity index (χ2v) is 7.43. The number of nitrogens with zero attached hydrogens (tertiary/aromatic N) is 2. The minimum Gasteiger partial charge on any atom is -0.396 e. The van der Waals surface area contributed by atoms with Gasteiger partial charge in [0.15, 0.2) is 0 Å². The fourth-order valence-electron chi connectivity index (χ4n) is 2.48. The Morgan fingerprint density at radius 2 is 2.05 bits per heavy atom. The summed E-state index contributed by atoms with van der Waals surface area (Å²) in [6, 6.07) is 0. The molecule has 2 rings (SSSR count). The van der Waals surface area contributed by atoms with Gasteiger partial charge in [-0.15, -0.1) is 6.42 Å². The lowest BCUT2D eigenvalue weighted by Gasteiger charge is -2.34. The highest BCUT2D eigenvalue weighted by Crippen LogP contribution is 2.31. The molecule has 0 spiro atoms. The first-order valence-electron chi connectivity index (χ1n) is 6.87. The molecule has 108 valence electrons. The van der Waals surface area contributed by atoms with E-state index in [1.54, 1.807) is 0 Å². The molecule has 1 aliphatic heterocycles. The molecule has 0 radical (unpaired) electrons. The Balaban J connectivity index is 2.06. The molecule has 0 bridgehead atoms. The smallest absolute Gasteiger partial charge is 0.282 e. The molecule has 1 unspecified atom stereocenters. The van der Waals surface area contributed by atoms with Gasteiger partial charge in [0.1, 0.15) is 0 Å². The predicted octanol–water partition coefficient (Wildman–Crippen LogP) is 0.281. The Bertz CT molecular complexity index is 439. The number of aliphatic hydroxyl groups is 1. The van der Waals surface area contributed by atoms with Gasteiger partial charge in [0.2, 0.25) is 0 Å². The second-order valence-electron chi connectivity index (χ2n) is 5.50. The maximum atomic E-state index is 12.6. The molecule has 1 N–H and O–H groups in total. The highest BCUT2D eigenvalue weighted by atomic mass is 32.2. The Morgan fingerprint density at radius 1 is 1.32 bits per heavy atom. The van der Waals surface area contributed by atoms with Gasteiger partial charge < -0.3 is 5.11 Å². The summed E-state index contributed by atoms with van der Waals surface area (Å²) in [4.78, 5) is 0. The van der Waals surface area contributed by atoms with Crippen molar-refractivity contribution in [2.75, 3.05) is 32.8 Å². The minimum atomic E-state index is -3.47. The van der Waals surface area contributed by atoms with E-state index in [0.29, 0.717) is 25.6 Å². The second kappa shape index (κ2) is 6.23. The van der Waals surface area contributed by atoms with Gasteiger partial charge in [0.05, 0.1) is 6.54 Å². The molecular formula is C13H22N2O3S. The number of piperidine rings is 1. The van der Waals surface area contributed by atoms with Gasteiger partial charge in [-0.25, -0.2) is 0 Å². The molecule has 0 aromatic carbocycles. The third kappa shape index (κ3) is 3.69. The van der Waals surface area contributed by atoms with E-state index in [2.05, 4.69) is 5.92 Å². The third-order valence-corrected chi connectivity index (χ3v) is 5.73. The van der Waals surface area contributed by atoms with Crippen LogP contribution in [0.2, 0.25) is 0 Å². The summed E-state index contributed by atoms with van der Waals surface area (Å²) in [5.74, 6) is 2.97. The Morgan fingerprint density at radius 3 is 2.63 bits per heavy atom. The standard InChI is InChI=1S/C13H22N2O3S/c1-2-7-14(9-12-5-6-12)19(17,18)15-8-3-4-13(10-15)11-16/h1,12-13,16H,3-11H2. The first-order valence-corrected chi connectivity index (χ1v) is 8.27. The van der Waals surface area contributed by atoms with Gasteiger partial charge in [-0.05, 0) is 37.5 Å². The molecule has 1 atom stereocenters. The van der Waals surface area contributed by atoms with Gasteiger partial charge in [0, 0.05) is 26.2 Å². The lowest BCUT2D eigenvalue weighted by atomic mass is 10.0. The van der Waals surface area contributed by atoms with Crippen LogP contribution in [-0.4, -0.2) is 54.9 Å². The lowest BCUT2D eigenvalue weighted by molar-refractivity contribution is 0.161. The highest BCUT2D eigenvalue weighted by Gasteiger charge is 2.36. The zero-order valence-electron chi connectivity index (χ0n) is 11.2. The summed E-state index contributed by atoms with van der Waals surface area (Å²) >= 11 is 0.